The van der Waals surface area contributed by atoms with Crippen LogP contribution >= 0.6 is 11.5 Å². The first-order valence-corrected chi connectivity index (χ1v) is 9.69. The average Bonchev–Trinajstić information content (AvgIpc) is 2.91. The first-order valence-electron chi connectivity index (χ1n) is 7.07. The van der Waals surface area contributed by atoms with E-state index in [1.54, 1.807) is 19.1 Å². The first-order chi connectivity index (χ1) is 10.9. The molecule has 1 aliphatic rings. The van der Waals surface area contributed by atoms with Crippen molar-refractivity contribution >= 4 is 38.8 Å². The number of aryl methyl sites for hydroxylation is 2. The van der Waals surface area contributed by atoms with Crippen LogP contribution in [0.15, 0.2) is 18.2 Å². The molecule has 0 radical (unpaired) electrons. The van der Waals surface area contributed by atoms with E-state index in [1.807, 2.05) is 6.07 Å². The molecule has 0 saturated heterocycles. The molecule has 23 heavy (non-hydrogen) atoms. The number of aromatic nitrogens is 2. The third kappa shape index (κ3) is 3.20. The van der Waals surface area contributed by atoms with Gasteiger partial charge < -0.3 is 5.32 Å². The molecule has 2 heterocycles. The van der Waals surface area contributed by atoms with Crippen molar-refractivity contribution in [3.63, 3.8) is 0 Å². The van der Waals surface area contributed by atoms with E-state index >= 15 is 0 Å². The molecular formula is C14H16N4O3S2. The summed E-state index contributed by atoms with van der Waals surface area (Å²) in [5.74, 6) is -0.292. The summed E-state index contributed by atoms with van der Waals surface area (Å²) in [6, 6.07) is 5.35. The number of fused-ring (bicyclic) bond motifs is 1. The molecule has 0 aliphatic carbocycles. The molecule has 0 spiro atoms. The number of carbonyl (C=O) groups is 1. The van der Waals surface area contributed by atoms with Gasteiger partial charge in [0.15, 0.2) is 0 Å². The number of nitrogens with zero attached hydrogens (tertiary/aromatic N) is 3. The van der Waals surface area contributed by atoms with Crippen LogP contribution in [0.2, 0.25) is 0 Å². The summed E-state index contributed by atoms with van der Waals surface area (Å²) in [6.07, 6.45) is 2.81. The van der Waals surface area contributed by atoms with Gasteiger partial charge in [-0.1, -0.05) is 10.6 Å². The highest BCUT2D eigenvalue weighted by molar-refractivity contribution is 7.92. The predicted octanol–water partition coefficient (Wildman–Crippen LogP) is 1.81. The molecule has 1 amide bonds. The van der Waals surface area contributed by atoms with Crippen LogP contribution in [0.4, 0.5) is 11.4 Å². The van der Waals surface area contributed by atoms with Gasteiger partial charge in [-0.3, -0.25) is 9.10 Å². The average molecular weight is 352 g/mol. The van der Waals surface area contributed by atoms with Gasteiger partial charge in [0.2, 0.25) is 10.0 Å². The van der Waals surface area contributed by atoms with Crippen LogP contribution in [-0.2, 0) is 16.4 Å². The summed E-state index contributed by atoms with van der Waals surface area (Å²) < 4.78 is 29.0. The van der Waals surface area contributed by atoms with Crippen LogP contribution in [-0.4, -0.2) is 36.7 Å². The summed E-state index contributed by atoms with van der Waals surface area (Å²) in [4.78, 5) is 12.7. The van der Waals surface area contributed by atoms with Crippen molar-refractivity contribution in [2.45, 2.75) is 19.8 Å². The fourth-order valence-electron chi connectivity index (χ4n) is 2.59. The Labute approximate surface area is 138 Å². The number of sulfonamides is 1. The van der Waals surface area contributed by atoms with Crippen LogP contribution < -0.4 is 9.62 Å². The Hall–Kier alpha value is -2.00. The topological polar surface area (TPSA) is 92.3 Å². The molecule has 1 N–H and O–H groups in total. The van der Waals surface area contributed by atoms with Crippen LogP contribution in [0.25, 0.3) is 0 Å². The smallest absolute Gasteiger partial charge is 0.269 e. The van der Waals surface area contributed by atoms with Gasteiger partial charge >= 0.3 is 0 Å². The normalized spacial score (nSPS) is 14.4. The van der Waals surface area contributed by atoms with E-state index in [4.69, 9.17) is 0 Å². The van der Waals surface area contributed by atoms with Crippen LogP contribution in [0, 0.1) is 6.92 Å². The lowest BCUT2D eigenvalue weighted by atomic mass is 10.0. The Morgan fingerprint density at radius 1 is 1.39 bits per heavy atom. The molecule has 3 rings (SSSR count). The number of rotatable bonds is 3. The number of carbonyl (C=O) groups excluding carboxylic acids is 1. The van der Waals surface area contributed by atoms with Crippen molar-refractivity contribution in [1.29, 1.82) is 0 Å². The van der Waals surface area contributed by atoms with Crippen molar-refractivity contribution in [2.75, 3.05) is 22.4 Å². The minimum Gasteiger partial charge on any atom is -0.321 e. The maximum absolute atomic E-state index is 12.2. The van der Waals surface area contributed by atoms with Gasteiger partial charge in [0.25, 0.3) is 5.91 Å². The van der Waals surface area contributed by atoms with Gasteiger partial charge in [-0.2, -0.15) is 0 Å². The molecule has 7 nitrogen and oxygen atoms in total. The number of nitrogens with one attached hydrogen (secondary N) is 1. The largest absolute Gasteiger partial charge is 0.321 e. The number of benzene rings is 1. The van der Waals surface area contributed by atoms with Crippen molar-refractivity contribution in [2.24, 2.45) is 0 Å². The van der Waals surface area contributed by atoms with Gasteiger partial charge in [0.1, 0.15) is 4.88 Å². The zero-order chi connectivity index (χ0) is 16.6. The quantitative estimate of drug-likeness (QED) is 0.909. The van der Waals surface area contributed by atoms with Crippen molar-refractivity contribution in [3.05, 3.63) is 34.3 Å². The highest BCUT2D eigenvalue weighted by Crippen LogP contribution is 2.31. The standard InChI is InChI=1S/C14H16N4O3S2/c1-9-13(22-17-16-9)14(19)15-11-6-5-10-4-3-7-18(12(10)8-11)23(2,20)21/h5-6,8H,3-4,7H2,1-2H3,(H,15,19). The summed E-state index contributed by atoms with van der Waals surface area (Å²) in [5, 5.41) is 6.59. The van der Waals surface area contributed by atoms with E-state index in [2.05, 4.69) is 14.9 Å². The second-order valence-corrected chi connectivity index (χ2v) is 8.08. The molecule has 0 unspecified atom stereocenters. The summed E-state index contributed by atoms with van der Waals surface area (Å²) >= 11 is 1.03. The van der Waals surface area contributed by atoms with Crippen LogP contribution in [0.3, 0.4) is 0 Å². The van der Waals surface area contributed by atoms with E-state index in [1.165, 1.54) is 10.6 Å². The summed E-state index contributed by atoms with van der Waals surface area (Å²) in [6.45, 7) is 2.18. The Balaban J connectivity index is 1.91. The summed E-state index contributed by atoms with van der Waals surface area (Å²) in [7, 11) is -3.33. The second kappa shape index (κ2) is 5.89. The zero-order valence-electron chi connectivity index (χ0n) is 12.7. The molecule has 1 aromatic heterocycles. The molecule has 9 heteroatoms. The van der Waals surface area contributed by atoms with Gasteiger partial charge in [-0.25, -0.2) is 8.42 Å². The number of hydrogen-bond donors (Lipinski definition) is 1. The molecule has 0 atom stereocenters. The zero-order valence-corrected chi connectivity index (χ0v) is 14.4. The lowest BCUT2D eigenvalue weighted by Crippen LogP contribution is -2.34. The number of anilines is 2. The van der Waals surface area contributed by atoms with Gasteiger partial charge in [0.05, 0.1) is 17.6 Å². The highest BCUT2D eigenvalue weighted by atomic mass is 32.2. The molecule has 0 bridgehead atoms. The Morgan fingerprint density at radius 2 is 2.17 bits per heavy atom. The highest BCUT2D eigenvalue weighted by Gasteiger charge is 2.24. The Kier molecular flexibility index (Phi) is 4.07. The third-order valence-corrected chi connectivity index (χ3v) is 5.68. The maximum Gasteiger partial charge on any atom is 0.269 e. The molecule has 0 saturated carbocycles. The van der Waals surface area contributed by atoms with Gasteiger partial charge in [-0.15, -0.1) is 5.10 Å². The van der Waals surface area contributed by atoms with Crippen molar-refractivity contribution < 1.29 is 13.2 Å². The van der Waals surface area contributed by atoms with Crippen molar-refractivity contribution in [1.82, 2.24) is 9.59 Å². The van der Waals surface area contributed by atoms with E-state index in [-0.39, 0.29) is 5.91 Å². The number of amides is 1. The first kappa shape index (κ1) is 15.9. The van der Waals surface area contributed by atoms with E-state index in [0.717, 1.165) is 29.9 Å². The third-order valence-electron chi connectivity index (χ3n) is 3.68. The Bertz CT molecular complexity index is 861. The van der Waals surface area contributed by atoms with E-state index in [0.29, 0.717) is 28.5 Å². The summed E-state index contributed by atoms with van der Waals surface area (Å²) in [5.41, 5.74) is 2.73. The maximum atomic E-state index is 12.2. The lowest BCUT2D eigenvalue weighted by Gasteiger charge is -2.29. The predicted molar refractivity (Wildman–Crippen MR) is 89.6 cm³/mol. The minimum atomic E-state index is -3.33. The minimum absolute atomic E-state index is 0.292. The SMILES string of the molecule is Cc1nnsc1C(=O)Nc1ccc2c(c1)N(S(C)(=O)=O)CCC2. The molecule has 0 fully saturated rings. The Morgan fingerprint density at radius 3 is 2.83 bits per heavy atom. The van der Waals surface area contributed by atoms with Gasteiger partial charge in [0, 0.05) is 12.2 Å². The van der Waals surface area contributed by atoms with Crippen LogP contribution in [0.1, 0.15) is 27.3 Å². The van der Waals surface area contributed by atoms with Gasteiger partial charge in [-0.05, 0) is 49.0 Å². The second-order valence-electron chi connectivity index (χ2n) is 5.42. The lowest BCUT2D eigenvalue weighted by molar-refractivity contribution is 0.103. The molecule has 1 aromatic carbocycles. The van der Waals surface area contributed by atoms with Crippen molar-refractivity contribution in [3.8, 4) is 0 Å². The fraction of sp³-hybridized carbons (Fsp3) is 0.357. The fourth-order valence-corrected chi connectivity index (χ4v) is 4.13. The molecular weight excluding hydrogens is 336 g/mol. The van der Waals surface area contributed by atoms with E-state index < -0.39 is 10.0 Å². The molecule has 122 valence electrons. The molecule has 1 aliphatic heterocycles. The van der Waals surface area contributed by atoms with E-state index in [9.17, 15) is 13.2 Å². The number of hydrogen-bond acceptors (Lipinski definition) is 6. The monoisotopic (exact) mass is 352 g/mol. The molecule has 2 aromatic rings. The van der Waals surface area contributed by atoms with Crippen LogP contribution in [0.5, 0.6) is 0 Å².